The molecule has 2 rings (SSSR count). The van der Waals surface area contributed by atoms with E-state index < -0.39 is 0 Å². The number of anilines is 1. The van der Waals surface area contributed by atoms with E-state index in [9.17, 15) is 0 Å². The highest BCUT2D eigenvalue weighted by molar-refractivity contribution is 5.38. The topological polar surface area (TPSA) is 61.3 Å². The Hall–Kier alpha value is -1.03. The average molecular weight is 168 g/mol. The lowest BCUT2D eigenvalue weighted by atomic mass is 10.1. The molecule has 1 unspecified atom stereocenters. The first-order valence-electron chi connectivity index (χ1n) is 4.12. The summed E-state index contributed by atoms with van der Waals surface area (Å²) >= 11 is 0. The van der Waals surface area contributed by atoms with Crippen LogP contribution in [-0.4, -0.2) is 11.8 Å². The monoisotopic (exact) mass is 168 g/mol. The third-order valence-electron chi connectivity index (χ3n) is 2.23. The Labute approximate surface area is 70.7 Å². The van der Waals surface area contributed by atoms with Gasteiger partial charge in [0.25, 0.3) is 0 Å². The Kier molecular flexibility index (Phi) is 1.77. The summed E-state index contributed by atoms with van der Waals surface area (Å²) in [6.45, 7) is 2.72. The second kappa shape index (κ2) is 2.79. The second-order valence-corrected chi connectivity index (χ2v) is 3.06. The first kappa shape index (κ1) is 7.61. The first-order chi connectivity index (χ1) is 5.79. The van der Waals surface area contributed by atoms with E-state index in [1.54, 1.807) is 0 Å². The molecule has 1 aliphatic heterocycles. The zero-order valence-electron chi connectivity index (χ0n) is 7.04. The smallest absolute Gasteiger partial charge is 0.225 e. The zero-order chi connectivity index (χ0) is 8.55. The van der Waals surface area contributed by atoms with Crippen LogP contribution in [0.15, 0.2) is 4.52 Å². The Morgan fingerprint density at radius 2 is 2.42 bits per heavy atom. The summed E-state index contributed by atoms with van der Waals surface area (Å²) in [6.07, 6.45) is 2.22. The molecule has 0 bridgehead atoms. The fraction of sp³-hybridized carbons (Fsp3) is 0.625. The van der Waals surface area contributed by atoms with E-state index in [4.69, 9.17) is 15.0 Å². The number of nitrogens with two attached hydrogens (primary N) is 1. The van der Waals surface area contributed by atoms with Gasteiger partial charge in [0.15, 0.2) is 0 Å². The standard InChI is InChI=1S/C8H12N2O2/c1-5-7(10-12-8(5)9)6-3-2-4-11-6/h6H,2-4,9H2,1H3. The second-order valence-electron chi connectivity index (χ2n) is 3.06. The molecule has 4 nitrogen and oxygen atoms in total. The van der Waals surface area contributed by atoms with Crippen LogP contribution < -0.4 is 5.73 Å². The SMILES string of the molecule is Cc1c(C2CCCO2)noc1N. The van der Waals surface area contributed by atoms with E-state index in [0.29, 0.717) is 5.88 Å². The summed E-state index contributed by atoms with van der Waals surface area (Å²) < 4.78 is 10.3. The van der Waals surface area contributed by atoms with E-state index in [2.05, 4.69) is 5.16 Å². The average Bonchev–Trinajstić information content (AvgIpc) is 2.64. The van der Waals surface area contributed by atoms with Crippen LogP contribution in [0.3, 0.4) is 0 Å². The molecule has 2 N–H and O–H groups in total. The van der Waals surface area contributed by atoms with E-state index in [1.165, 1.54) is 0 Å². The van der Waals surface area contributed by atoms with Crippen molar-refractivity contribution in [3.05, 3.63) is 11.3 Å². The lowest BCUT2D eigenvalue weighted by Gasteiger charge is -2.04. The lowest BCUT2D eigenvalue weighted by Crippen LogP contribution is -1.98. The lowest BCUT2D eigenvalue weighted by molar-refractivity contribution is 0.105. The highest BCUT2D eigenvalue weighted by Crippen LogP contribution is 2.31. The normalized spacial score (nSPS) is 23.2. The van der Waals surface area contributed by atoms with Crippen molar-refractivity contribution in [3.63, 3.8) is 0 Å². The van der Waals surface area contributed by atoms with Crippen LogP contribution in [-0.2, 0) is 4.74 Å². The molecule has 0 saturated carbocycles. The third kappa shape index (κ3) is 1.08. The van der Waals surface area contributed by atoms with Gasteiger partial charge in [-0.05, 0) is 19.8 Å². The molecule has 1 aromatic heterocycles. The van der Waals surface area contributed by atoms with E-state index >= 15 is 0 Å². The van der Waals surface area contributed by atoms with Gasteiger partial charge >= 0.3 is 0 Å². The minimum absolute atomic E-state index is 0.103. The van der Waals surface area contributed by atoms with Crippen LogP contribution in [0.1, 0.15) is 30.2 Å². The van der Waals surface area contributed by atoms with Gasteiger partial charge < -0.3 is 15.0 Å². The molecule has 0 aliphatic carbocycles. The number of ether oxygens (including phenoxy) is 1. The van der Waals surface area contributed by atoms with Gasteiger partial charge in [0.05, 0.1) is 0 Å². The maximum absolute atomic E-state index is 5.52. The predicted octanol–water partition coefficient (Wildman–Crippen LogP) is 1.42. The van der Waals surface area contributed by atoms with Crippen LogP contribution in [0.2, 0.25) is 0 Å². The summed E-state index contributed by atoms with van der Waals surface area (Å²) in [6, 6.07) is 0. The number of rotatable bonds is 1. The molecule has 1 atom stereocenters. The molecule has 66 valence electrons. The van der Waals surface area contributed by atoms with Gasteiger partial charge in [0, 0.05) is 12.2 Å². The molecule has 1 fully saturated rings. The fourth-order valence-electron chi connectivity index (χ4n) is 1.46. The van der Waals surface area contributed by atoms with Gasteiger partial charge in [0.1, 0.15) is 11.8 Å². The Morgan fingerprint density at radius 1 is 1.58 bits per heavy atom. The molecule has 1 aliphatic rings. The van der Waals surface area contributed by atoms with E-state index in [1.807, 2.05) is 6.92 Å². The van der Waals surface area contributed by atoms with Gasteiger partial charge in [-0.15, -0.1) is 0 Å². The molecule has 0 amide bonds. The van der Waals surface area contributed by atoms with Crippen LogP contribution in [0.4, 0.5) is 5.88 Å². The van der Waals surface area contributed by atoms with Crippen molar-refractivity contribution in [1.82, 2.24) is 5.16 Å². The molecule has 0 aromatic carbocycles. The maximum Gasteiger partial charge on any atom is 0.225 e. The zero-order valence-corrected chi connectivity index (χ0v) is 7.04. The summed E-state index contributed by atoms with van der Waals surface area (Å²) in [5.41, 5.74) is 7.31. The Bertz CT molecular complexity index is 277. The van der Waals surface area contributed by atoms with Gasteiger partial charge in [-0.25, -0.2) is 0 Å². The van der Waals surface area contributed by atoms with Gasteiger partial charge in [-0.1, -0.05) is 5.16 Å². The molecule has 12 heavy (non-hydrogen) atoms. The third-order valence-corrected chi connectivity index (χ3v) is 2.23. The number of hydrogen-bond donors (Lipinski definition) is 1. The van der Waals surface area contributed by atoms with Crippen molar-refractivity contribution < 1.29 is 9.26 Å². The highest BCUT2D eigenvalue weighted by atomic mass is 16.5. The van der Waals surface area contributed by atoms with Crippen molar-refractivity contribution in [3.8, 4) is 0 Å². The van der Waals surface area contributed by atoms with Crippen molar-refractivity contribution in [2.45, 2.75) is 25.9 Å². The number of aromatic nitrogens is 1. The Balaban J connectivity index is 2.26. The summed E-state index contributed by atoms with van der Waals surface area (Å²) in [5.74, 6) is 0.403. The molecular weight excluding hydrogens is 156 g/mol. The quantitative estimate of drug-likeness (QED) is 0.688. The molecule has 1 aromatic rings. The van der Waals surface area contributed by atoms with Crippen LogP contribution in [0, 0.1) is 6.92 Å². The van der Waals surface area contributed by atoms with Gasteiger partial charge in [-0.3, -0.25) is 0 Å². The number of nitrogens with zero attached hydrogens (tertiary/aromatic N) is 1. The van der Waals surface area contributed by atoms with Crippen molar-refractivity contribution in [1.29, 1.82) is 0 Å². The van der Waals surface area contributed by atoms with E-state index in [0.717, 1.165) is 30.7 Å². The summed E-state index contributed by atoms with van der Waals surface area (Å²) in [5, 5.41) is 3.87. The minimum Gasteiger partial charge on any atom is -0.372 e. The highest BCUT2D eigenvalue weighted by Gasteiger charge is 2.24. The molecule has 0 radical (unpaired) electrons. The van der Waals surface area contributed by atoms with Crippen LogP contribution >= 0.6 is 0 Å². The summed E-state index contributed by atoms with van der Waals surface area (Å²) in [7, 11) is 0. The minimum atomic E-state index is 0.103. The molecular formula is C8H12N2O2. The maximum atomic E-state index is 5.52. The molecule has 4 heteroatoms. The Morgan fingerprint density at radius 3 is 2.92 bits per heavy atom. The largest absolute Gasteiger partial charge is 0.372 e. The van der Waals surface area contributed by atoms with Crippen LogP contribution in [0.25, 0.3) is 0 Å². The molecule has 1 saturated heterocycles. The number of hydrogen-bond acceptors (Lipinski definition) is 4. The van der Waals surface area contributed by atoms with Crippen molar-refractivity contribution in [2.24, 2.45) is 0 Å². The predicted molar refractivity (Wildman–Crippen MR) is 43.6 cm³/mol. The molecule has 2 heterocycles. The van der Waals surface area contributed by atoms with E-state index in [-0.39, 0.29) is 6.10 Å². The number of nitrogen functional groups attached to an aromatic ring is 1. The fourth-order valence-corrected chi connectivity index (χ4v) is 1.46. The van der Waals surface area contributed by atoms with Gasteiger partial charge in [-0.2, -0.15) is 0 Å². The summed E-state index contributed by atoms with van der Waals surface area (Å²) in [4.78, 5) is 0. The van der Waals surface area contributed by atoms with Crippen LogP contribution in [0.5, 0.6) is 0 Å². The van der Waals surface area contributed by atoms with Gasteiger partial charge in [0.2, 0.25) is 5.88 Å². The molecule has 0 spiro atoms. The van der Waals surface area contributed by atoms with Crippen molar-refractivity contribution >= 4 is 5.88 Å². The first-order valence-corrected chi connectivity index (χ1v) is 4.12. The van der Waals surface area contributed by atoms with Crippen molar-refractivity contribution in [2.75, 3.05) is 12.3 Å².